The van der Waals surface area contributed by atoms with Crippen molar-refractivity contribution in [3.63, 3.8) is 0 Å². The monoisotopic (exact) mass is 305 g/mol. The molecule has 22 heavy (non-hydrogen) atoms. The molecule has 0 saturated carbocycles. The minimum atomic E-state index is -1.02. The van der Waals surface area contributed by atoms with Gasteiger partial charge in [0.25, 0.3) is 0 Å². The molecule has 2 rings (SSSR count). The molecule has 1 aliphatic rings. The molecule has 1 saturated heterocycles. The van der Waals surface area contributed by atoms with Gasteiger partial charge in [0, 0.05) is 25.6 Å². The number of aromatic hydroxyl groups is 1. The Bertz CT molecular complexity index is 585. The largest absolute Gasteiger partial charge is 0.507 e. The first-order valence-electron chi connectivity index (χ1n) is 7.40. The Balaban J connectivity index is 1.96. The molecule has 0 radical (unpaired) electrons. The van der Waals surface area contributed by atoms with Crippen LogP contribution in [0.3, 0.4) is 0 Å². The van der Waals surface area contributed by atoms with Crippen LogP contribution in [0.4, 0.5) is 4.39 Å². The number of carbonyl (C=O) groups is 1. The zero-order chi connectivity index (χ0) is 16.1. The summed E-state index contributed by atoms with van der Waals surface area (Å²) in [6.07, 6.45) is -0.268. The molecule has 2 atom stereocenters. The third-order valence-electron chi connectivity index (χ3n) is 3.83. The van der Waals surface area contributed by atoms with Gasteiger partial charge in [0.1, 0.15) is 18.0 Å². The number of amides is 1. The number of nitrogens with zero attached hydrogens (tertiary/aromatic N) is 2. The molecule has 0 unspecified atom stereocenters. The van der Waals surface area contributed by atoms with Gasteiger partial charge in [-0.1, -0.05) is 13.0 Å². The maximum Gasteiger partial charge on any atom is 0.222 e. The van der Waals surface area contributed by atoms with Gasteiger partial charge in [-0.25, -0.2) is 4.39 Å². The number of halogens is 1. The first-order chi connectivity index (χ1) is 10.5. The average Bonchev–Trinajstić information content (AvgIpc) is 2.52. The minimum absolute atomic E-state index is 0.0365. The highest BCUT2D eigenvalue weighted by atomic mass is 19.1. The Labute approximate surface area is 129 Å². The predicted octanol–water partition coefficient (Wildman–Crippen LogP) is 1.70. The molecule has 118 valence electrons. The molecule has 1 aliphatic heterocycles. The minimum Gasteiger partial charge on any atom is -0.507 e. The number of carbonyl (C=O) groups excluding carboxylic acids is 1. The highest BCUT2D eigenvalue weighted by molar-refractivity contribution is 5.76. The Hall–Kier alpha value is -2.13. The van der Waals surface area contributed by atoms with Crippen LogP contribution in [-0.2, 0) is 11.3 Å². The summed E-state index contributed by atoms with van der Waals surface area (Å²) in [7, 11) is 0. The van der Waals surface area contributed by atoms with Gasteiger partial charge in [-0.3, -0.25) is 4.79 Å². The lowest BCUT2D eigenvalue weighted by Gasteiger charge is -2.35. The number of alkyl halides is 1. The SMILES string of the molecule is CCC(=O)N1C[C@H](F)C[C@@H](NCc2ccc(O)c(C#N)c2)C1. The zero-order valence-electron chi connectivity index (χ0n) is 12.6. The van der Waals surface area contributed by atoms with E-state index in [1.54, 1.807) is 24.0 Å². The van der Waals surface area contributed by atoms with E-state index in [0.717, 1.165) is 5.56 Å². The van der Waals surface area contributed by atoms with Crippen LogP contribution in [0.25, 0.3) is 0 Å². The van der Waals surface area contributed by atoms with Gasteiger partial charge in [0.05, 0.1) is 12.1 Å². The summed E-state index contributed by atoms with van der Waals surface area (Å²) in [5, 5.41) is 21.6. The normalized spacial score (nSPS) is 21.4. The molecule has 1 aromatic carbocycles. The van der Waals surface area contributed by atoms with Crippen LogP contribution in [0.15, 0.2) is 18.2 Å². The summed E-state index contributed by atoms with van der Waals surface area (Å²) < 4.78 is 13.8. The quantitative estimate of drug-likeness (QED) is 0.888. The average molecular weight is 305 g/mol. The van der Waals surface area contributed by atoms with Gasteiger partial charge < -0.3 is 15.3 Å². The lowest BCUT2D eigenvalue weighted by Crippen LogP contribution is -2.51. The third kappa shape index (κ3) is 3.95. The van der Waals surface area contributed by atoms with Gasteiger partial charge in [-0.15, -0.1) is 0 Å². The number of rotatable bonds is 4. The standard InChI is InChI=1S/C16H20FN3O2/c1-2-16(22)20-9-13(17)6-14(10-20)19-8-11-3-4-15(21)12(5-11)7-18/h3-5,13-14,19,21H,2,6,8-10H2,1H3/t13-,14-/m1/s1. The molecule has 1 amide bonds. The number of phenolic OH excluding ortho intramolecular Hbond substituents is 1. The van der Waals surface area contributed by atoms with E-state index in [0.29, 0.717) is 25.9 Å². The first-order valence-corrected chi connectivity index (χ1v) is 7.40. The molecule has 0 bridgehead atoms. The van der Waals surface area contributed by atoms with E-state index < -0.39 is 6.17 Å². The molecule has 6 heteroatoms. The molecule has 1 fully saturated rings. The predicted molar refractivity (Wildman–Crippen MR) is 79.8 cm³/mol. The zero-order valence-corrected chi connectivity index (χ0v) is 12.6. The van der Waals surface area contributed by atoms with Crippen LogP contribution in [0, 0.1) is 11.3 Å². The fraction of sp³-hybridized carbons (Fsp3) is 0.500. The summed E-state index contributed by atoms with van der Waals surface area (Å²) in [6, 6.07) is 6.60. The van der Waals surface area contributed by atoms with Gasteiger partial charge in [0.2, 0.25) is 5.91 Å². The number of phenols is 1. The Kier molecular flexibility index (Phi) is 5.34. The van der Waals surface area contributed by atoms with E-state index in [1.807, 2.05) is 6.07 Å². The van der Waals surface area contributed by atoms with Crippen LogP contribution in [0.5, 0.6) is 5.75 Å². The molecule has 2 N–H and O–H groups in total. The molecule has 0 aromatic heterocycles. The Morgan fingerprint density at radius 3 is 3.00 bits per heavy atom. The van der Waals surface area contributed by atoms with Crippen LogP contribution >= 0.6 is 0 Å². The van der Waals surface area contributed by atoms with E-state index in [4.69, 9.17) is 5.26 Å². The van der Waals surface area contributed by atoms with Crippen molar-refractivity contribution in [1.82, 2.24) is 10.2 Å². The molecular formula is C16H20FN3O2. The number of likely N-dealkylation sites (tertiary alicyclic amines) is 1. The van der Waals surface area contributed by atoms with Crippen LogP contribution < -0.4 is 5.32 Å². The molecular weight excluding hydrogens is 285 g/mol. The second-order valence-corrected chi connectivity index (χ2v) is 5.53. The van der Waals surface area contributed by atoms with E-state index in [2.05, 4.69) is 5.32 Å². The molecule has 0 spiro atoms. The van der Waals surface area contributed by atoms with E-state index in [-0.39, 0.29) is 29.8 Å². The highest BCUT2D eigenvalue weighted by Gasteiger charge is 2.28. The van der Waals surface area contributed by atoms with Crippen molar-refractivity contribution in [1.29, 1.82) is 5.26 Å². The van der Waals surface area contributed by atoms with Crippen LogP contribution in [0.1, 0.15) is 30.9 Å². The Morgan fingerprint density at radius 2 is 2.32 bits per heavy atom. The van der Waals surface area contributed by atoms with Crippen molar-refractivity contribution in [2.24, 2.45) is 0 Å². The number of hydrogen-bond acceptors (Lipinski definition) is 4. The molecule has 1 aromatic rings. The second-order valence-electron chi connectivity index (χ2n) is 5.53. The lowest BCUT2D eigenvalue weighted by molar-refractivity contribution is -0.133. The molecule has 1 heterocycles. The summed E-state index contributed by atoms with van der Waals surface area (Å²) in [6.45, 7) is 2.89. The van der Waals surface area contributed by atoms with Crippen molar-refractivity contribution >= 4 is 5.91 Å². The number of piperidine rings is 1. The number of benzene rings is 1. The number of hydrogen-bond donors (Lipinski definition) is 2. The van der Waals surface area contributed by atoms with Crippen molar-refractivity contribution in [3.8, 4) is 11.8 Å². The van der Waals surface area contributed by atoms with Gasteiger partial charge >= 0.3 is 0 Å². The van der Waals surface area contributed by atoms with Gasteiger partial charge in [-0.05, 0) is 24.1 Å². The molecule has 5 nitrogen and oxygen atoms in total. The maximum absolute atomic E-state index is 13.8. The van der Waals surface area contributed by atoms with E-state index in [1.165, 1.54) is 6.07 Å². The summed E-state index contributed by atoms with van der Waals surface area (Å²) in [5.41, 5.74) is 1.05. The smallest absolute Gasteiger partial charge is 0.222 e. The summed E-state index contributed by atoms with van der Waals surface area (Å²) in [4.78, 5) is 13.3. The maximum atomic E-state index is 13.8. The van der Waals surface area contributed by atoms with E-state index in [9.17, 15) is 14.3 Å². The second kappa shape index (κ2) is 7.23. The number of nitriles is 1. The van der Waals surface area contributed by atoms with E-state index >= 15 is 0 Å². The van der Waals surface area contributed by atoms with Crippen LogP contribution in [0.2, 0.25) is 0 Å². The topological polar surface area (TPSA) is 76.4 Å². The Morgan fingerprint density at radius 1 is 1.55 bits per heavy atom. The lowest BCUT2D eigenvalue weighted by atomic mass is 10.0. The fourth-order valence-corrected chi connectivity index (χ4v) is 2.66. The van der Waals surface area contributed by atoms with Gasteiger partial charge in [0.15, 0.2) is 0 Å². The number of nitrogens with one attached hydrogen (secondary N) is 1. The highest BCUT2D eigenvalue weighted by Crippen LogP contribution is 2.19. The van der Waals surface area contributed by atoms with Crippen LogP contribution in [-0.4, -0.2) is 41.2 Å². The fourth-order valence-electron chi connectivity index (χ4n) is 2.66. The summed E-state index contributed by atoms with van der Waals surface area (Å²) in [5.74, 6) is -0.0852. The first kappa shape index (κ1) is 16.2. The molecule has 0 aliphatic carbocycles. The van der Waals surface area contributed by atoms with Crippen molar-refractivity contribution < 1.29 is 14.3 Å². The van der Waals surface area contributed by atoms with Crippen molar-refractivity contribution in [2.45, 2.75) is 38.5 Å². The summed E-state index contributed by atoms with van der Waals surface area (Å²) >= 11 is 0. The van der Waals surface area contributed by atoms with Crippen molar-refractivity contribution in [3.05, 3.63) is 29.3 Å². The van der Waals surface area contributed by atoms with Gasteiger partial charge in [-0.2, -0.15) is 5.26 Å². The third-order valence-corrected chi connectivity index (χ3v) is 3.83. The van der Waals surface area contributed by atoms with Crippen molar-refractivity contribution in [2.75, 3.05) is 13.1 Å².